The van der Waals surface area contributed by atoms with Crippen LogP contribution in [0.3, 0.4) is 0 Å². The van der Waals surface area contributed by atoms with Crippen molar-refractivity contribution in [3.63, 3.8) is 0 Å². The molecule has 0 aromatic carbocycles. The molecule has 3 rings (SSSR count). The Morgan fingerprint density at radius 3 is 2.30 bits per heavy atom. The van der Waals surface area contributed by atoms with E-state index in [9.17, 15) is 9.59 Å². The van der Waals surface area contributed by atoms with E-state index in [2.05, 4.69) is 17.5 Å². The highest BCUT2D eigenvalue weighted by Crippen LogP contribution is 2.22. The van der Waals surface area contributed by atoms with Gasteiger partial charge in [-0.2, -0.15) is 0 Å². The number of urea groups is 1. The highest BCUT2D eigenvalue weighted by Gasteiger charge is 2.27. The van der Waals surface area contributed by atoms with Crippen LogP contribution in [0.5, 0.6) is 0 Å². The van der Waals surface area contributed by atoms with E-state index < -0.39 is 0 Å². The van der Waals surface area contributed by atoms with E-state index in [1.807, 2.05) is 9.80 Å². The van der Waals surface area contributed by atoms with Crippen molar-refractivity contribution < 1.29 is 9.59 Å². The summed E-state index contributed by atoms with van der Waals surface area (Å²) in [6.45, 7) is 2.66. The molecule has 128 valence electrons. The molecule has 0 spiro atoms. The fourth-order valence-corrected chi connectivity index (χ4v) is 3.89. The predicted molar refractivity (Wildman–Crippen MR) is 90.0 cm³/mol. The second-order valence-corrected chi connectivity index (χ2v) is 7.12. The number of rotatable bonds is 3. The lowest BCUT2D eigenvalue weighted by molar-refractivity contribution is -0.133. The zero-order valence-electron chi connectivity index (χ0n) is 14.0. The minimum Gasteiger partial charge on any atom is -0.339 e. The van der Waals surface area contributed by atoms with Crippen molar-refractivity contribution in [3.8, 4) is 0 Å². The van der Waals surface area contributed by atoms with Gasteiger partial charge in [0.1, 0.15) is 0 Å². The van der Waals surface area contributed by atoms with Crippen LogP contribution in [0, 0.1) is 5.92 Å². The van der Waals surface area contributed by atoms with Gasteiger partial charge in [0.2, 0.25) is 5.91 Å². The van der Waals surface area contributed by atoms with Crippen LogP contribution in [0.15, 0.2) is 12.2 Å². The standard InChI is InChI=1S/C18H29N3O2/c22-17(14-15-6-4-5-7-15)20-10-12-21(13-11-20)18(23)19-16-8-2-1-3-9-16/h4,6,15-16H,1-3,5,7-14H2,(H,19,23). The number of nitrogens with zero attached hydrogens (tertiary/aromatic N) is 2. The summed E-state index contributed by atoms with van der Waals surface area (Å²) in [5, 5.41) is 3.17. The number of nitrogens with one attached hydrogen (secondary N) is 1. The van der Waals surface area contributed by atoms with Crippen LogP contribution in [0.1, 0.15) is 51.4 Å². The average Bonchev–Trinajstić information content (AvgIpc) is 3.09. The Balaban J connectivity index is 1.39. The van der Waals surface area contributed by atoms with Crippen molar-refractivity contribution in [2.45, 2.75) is 57.4 Å². The van der Waals surface area contributed by atoms with Gasteiger partial charge >= 0.3 is 6.03 Å². The monoisotopic (exact) mass is 319 g/mol. The smallest absolute Gasteiger partial charge is 0.317 e. The summed E-state index contributed by atoms with van der Waals surface area (Å²) in [7, 11) is 0. The summed E-state index contributed by atoms with van der Waals surface area (Å²) >= 11 is 0. The van der Waals surface area contributed by atoms with Crippen LogP contribution in [0.25, 0.3) is 0 Å². The molecule has 1 aliphatic heterocycles. The number of hydrogen-bond donors (Lipinski definition) is 1. The SMILES string of the molecule is O=C(CC1C=CCC1)N1CCN(C(=O)NC2CCCCC2)CC1. The topological polar surface area (TPSA) is 52.7 Å². The summed E-state index contributed by atoms with van der Waals surface area (Å²) in [5.41, 5.74) is 0. The number of allylic oxidation sites excluding steroid dienone is 2. The van der Waals surface area contributed by atoms with E-state index in [0.717, 1.165) is 25.7 Å². The van der Waals surface area contributed by atoms with Crippen LogP contribution in [0.2, 0.25) is 0 Å². The zero-order valence-corrected chi connectivity index (χ0v) is 14.0. The Kier molecular flexibility index (Phi) is 5.57. The molecule has 2 aliphatic carbocycles. The molecule has 0 aromatic rings. The molecule has 1 N–H and O–H groups in total. The van der Waals surface area contributed by atoms with Crippen LogP contribution in [-0.2, 0) is 4.79 Å². The van der Waals surface area contributed by atoms with E-state index in [4.69, 9.17) is 0 Å². The largest absolute Gasteiger partial charge is 0.339 e. The molecule has 3 amide bonds. The molecule has 3 aliphatic rings. The third-order valence-electron chi connectivity index (χ3n) is 5.40. The van der Waals surface area contributed by atoms with Gasteiger partial charge in [0.25, 0.3) is 0 Å². The van der Waals surface area contributed by atoms with Crippen molar-refractivity contribution in [1.82, 2.24) is 15.1 Å². The lowest BCUT2D eigenvalue weighted by atomic mass is 9.96. The van der Waals surface area contributed by atoms with Crippen molar-refractivity contribution in [1.29, 1.82) is 0 Å². The molecule has 0 aromatic heterocycles. The maximum absolute atomic E-state index is 12.3. The van der Waals surface area contributed by atoms with Gasteiger partial charge in [0, 0.05) is 38.6 Å². The third kappa shape index (κ3) is 4.49. The van der Waals surface area contributed by atoms with Crippen LogP contribution in [-0.4, -0.2) is 54.0 Å². The van der Waals surface area contributed by atoms with Crippen LogP contribution < -0.4 is 5.32 Å². The first-order valence-electron chi connectivity index (χ1n) is 9.22. The molecule has 2 fully saturated rings. The fourth-order valence-electron chi connectivity index (χ4n) is 3.89. The molecule has 1 saturated heterocycles. The number of hydrogen-bond acceptors (Lipinski definition) is 2. The van der Waals surface area contributed by atoms with Gasteiger partial charge in [-0.15, -0.1) is 0 Å². The molecular formula is C18H29N3O2. The Morgan fingerprint density at radius 1 is 0.957 bits per heavy atom. The second kappa shape index (κ2) is 7.84. The quantitative estimate of drug-likeness (QED) is 0.813. The fraction of sp³-hybridized carbons (Fsp3) is 0.778. The highest BCUT2D eigenvalue weighted by molar-refractivity contribution is 5.78. The van der Waals surface area contributed by atoms with Gasteiger partial charge in [-0.3, -0.25) is 4.79 Å². The molecule has 0 bridgehead atoms. The Bertz CT molecular complexity index is 449. The molecular weight excluding hydrogens is 290 g/mol. The van der Waals surface area contributed by atoms with Gasteiger partial charge in [-0.05, 0) is 31.6 Å². The van der Waals surface area contributed by atoms with Gasteiger partial charge in [0.15, 0.2) is 0 Å². The molecule has 23 heavy (non-hydrogen) atoms. The third-order valence-corrected chi connectivity index (χ3v) is 5.40. The van der Waals surface area contributed by atoms with E-state index in [1.165, 1.54) is 19.3 Å². The summed E-state index contributed by atoms with van der Waals surface area (Å²) in [5.74, 6) is 0.670. The van der Waals surface area contributed by atoms with Crippen LogP contribution >= 0.6 is 0 Å². The second-order valence-electron chi connectivity index (χ2n) is 7.12. The Morgan fingerprint density at radius 2 is 1.65 bits per heavy atom. The summed E-state index contributed by atoms with van der Waals surface area (Å²) in [6, 6.07) is 0.410. The van der Waals surface area contributed by atoms with E-state index >= 15 is 0 Å². The number of amides is 3. The molecule has 5 heteroatoms. The van der Waals surface area contributed by atoms with Gasteiger partial charge in [-0.1, -0.05) is 31.4 Å². The number of carbonyl (C=O) groups is 2. The van der Waals surface area contributed by atoms with Crippen molar-refractivity contribution >= 4 is 11.9 Å². The van der Waals surface area contributed by atoms with Crippen molar-refractivity contribution in [3.05, 3.63) is 12.2 Å². The summed E-state index contributed by atoms with van der Waals surface area (Å²) in [6.07, 6.45) is 13.2. The number of piperazine rings is 1. The molecule has 1 saturated carbocycles. The van der Waals surface area contributed by atoms with Gasteiger partial charge in [-0.25, -0.2) is 4.79 Å². The lowest BCUT2D eigenvalue weighted by Crippen LogP contribution is -2.54. The van der Waals surface area contributed by atoms with Gasteiger partial charge in [0.05, 0.1) is 0 Å². The Labute approximate surface area is 139 Å². The summed E-state index contributed by atoms with van der Waals surface area (Å²) in [4.78, 5) is 28.4. The first-order valence-corrected chi connectivity index (χ1v) is 9.22. The highest BCUT2D eigenvalue weighted by atomic mass is 16.2. The van der Waals surface area contributed by atoms with E-state index in [-0.39, 0.29) is 11.9 Å². The predicted octanol–water partition coefficient (Wildman–Crippen LogP) is 2.53. The van der Waals surface area contributed by atoms with E-state index in [0.29, 0.717) is 44.6 Å². The zero-order chi connectivity index (χ0) is 16.1. The molecule has 1 unspecified atom stereocenters. The summed E-state index contributed by atoms with van der Waals surface area (Å²) < 4.78 is 0. The Hall–Kier alpha value is -1.52. The van der Waals surface area contributed by atoms with Crippen LogP contribution in [0.4, 0.5) is 4.79 Å². The lowest BCUT2D eigenvalue weighted by Gasteiger charge is -2.36. The van der Waals surface area contributed by atoms with E-state index in [1.54, 1.807) is 0 Å². The first-order chi connectivity index (χ1) is 11.2. The first kappa shape index (κ1) is 16.3. The minimum absolute atomic E-state index is 0.0581. The average molecular weight is 319 g/mol. The molecule has 0 radical (unpaired) electrons. The maximum atomic E-state index is 12.3. The minimum atomic E-state index is 0.0581. The molecule has 1 heterocycles. The van der Waals surface area contributed by atoms with Gasteiger partial charge < -0.3 is 15.1 Å². The van der Waals surface area contributed by atoms with Crippen molar-refractivity contribution in [2.24, 2.45) is 5.92 Å². The molecule has 5 nitrogen and oxygen atoms in total. The molecule has 1 atom stereocenters. The van der Waals surface area contributed by atoms with Crippen molar-refractivity contribution in [2.75, 3.05) is 26.2 Å². The normalized spacial score (nSPS) is 25.7. The number of carbonyl (C=O) groups excluding carboxylic acids is 2. The maximum Gasteiger partial charge on any atom is 0.317 e.